The number of carbonyl (C=O) groups is 1. The summed E-state index contributed by atoms with van der Waals surface area (Å²) in [6.07, 6.45) is 1.87. The molecule has 33 heavy (non-hydrogen) atoms. The van der Waals surface area contributed by atoms with Crippen LogP contribution in [0.5, 0.6) is 0 Å². The standard InChI is InChI=1S/C24H21BrFN3O2S2/c1-3-7-19-14(2)21-22(33-19)28-24(29(23(21)31)16-8-5-4-6-9-16)32-13-20(30)27-18-11-10-15(25)12-17(18)26/h4-6,8-12H,3,7,13H2,1-2H3,(H,27,30). The number of aromatic nitrogens is 2. The Labute approximate surface area is 207 Å². The van der Waals surface area contributed by atoms with Crippen LogP contribution < -0.4 is 10.9 Å². The summed E-state index contributed by atoms with van der Waals surface area (Å²) >= 11 is 5.88. The first kappa shape index (κ1) is 23.7. The molecular formula is C24H21BrFN3O2S2. The number of thioether (sulfide) groups is 1. The highest BCUT2D eigenvalue weighted by atomic mass is 79.9. The van der Waals surface area contributed by atoms with E-state index < -0.39 is 5.82 Å². The molecule has 1 N–H and O–H groups in total. The Hall–Kier alpha value is -2.49. The summed E-state index contributed by atoms with van der Waals surface area (Å²) in [5, 5.41) is 3.63. The van der Waals surface area contributed by atoms with Gasteiger partial charge in [0, 0.05) is 9.35 Å². The number of thiophene rings is 1. The molecule has 0 aliphatic heterocycles. The van der Waals surface area contributed by atoms with Gasteiger partial charge in [-0.3, -0.25) is 14.2 Å². The van der Waals surface area contributed by atoms with Crippen LogP contribution in [0.25, 0.3) is 15.9 Å². The van der Waals surface area contributed by atoms with Gasteiger partial charge in [0.1, 0.15) is 10.6 Å². The molecule has 0 spiro atoms. The third kappa shape index (κ3) is 5.05. The molecule has 2 aromatic heterocycles. The van der Waals surface area contributed by atoms with Crippen molar-refractivity contribution in [1.29, 1.82) is 0 Å². The van der Waals surface area contributed by atoms with Gasteiger partial charge in [0.05, 0.1) is 22.5 Å². The lowest BCUT2D eigenvalue weighted by molar-refractivity contribution is -0.113. The van der Waals surface area contributed by atoms with Crippen LogP contribution in [0.3, 0.4) is 0 Å². The van der Waals surface area contributed by atoms with Crippen LogP contribution in [0.15, 0.2) is 63.0 Å². The summed E-state index contributed by atoms with van der Waals surface area (Å²) in [5.74, 6) is -0.933. The molecule has 0 fully saturated rings. The maximum absolute atomic E-state index is 14.1. The average Bonchev–Trinajstić information content (AvgIpc) is 3.10. The normalized spacial score (nSPS) is 11.2. The molecule has 0 aliphatic rings. The third-order valence-corrected chi connectivity index (χ3v) is 7.74. The Bertz CT molecular complexity index is 1390. The lowest BCUT2D eigenvalue weighted by atomic mass is 10.1. The van der Waals surface area contributed by atoms with E-state index in [2.05, 4.69) is 28.2 Å². The number of amides is 1. The van der Waals surface area contributed by atoms with Gasteiger partial charge in [-0.2, -0.15) is 0 Å². The molecule has 0 unspecified atom stereocenters. The van der Waals surface area contributed by atoms with Crippen molar-refractivity contribution in [3.05, 3.63) is 79.6 Å². The van der Waals surface area contributed by atoms with Gasteiger partial charge in [0.2, 0.25) is 5.91 Å². The van der Waals surface area contributed by atoms with Gasteiger partial charge in [-0.1, -0.05) is 59.2 Å². The molecule has 0 atom stereocenters. The first-order chi connectivity index (χ1) is 15.9. The second-order valence-electron chi connectivity index (χ2n) is 7.41. The van der Waals surface area contributed by atoms with E-state index >= 15 is 0 Å². The number of hydrogen-bond acceptors (Lipinski definition) is 5. The van der Waals surface area contributed by atoms with Crippen molar-refractivity contribution in [1.82, 2.24) is 9.55 Å². The van der Waals surface area contributed by atoms with Gasteiger partial charge >= 0.3 is 0 Å². The summed E-state index contributed by atoms with van der Waals surface area (Å²) in [6, 6.07) is 13.7. The van der Waals surface area contributed by atoms with Crippen molar-refractivity contribution in [3.63, 3.8) is 0 Å². The van der Waals surface area contributed by atoms with Crippen molar-refractivity contribution in [2.45, 2.75) is 31.8 Å². The Kier molecular flexibility index (Phi) is 7.31. The minimum Gasteiger partial charge on any atom is -0.323 e. The number of benzene rings is 2. The molecule has 0 radical (unpaired) electrons. The zero-order valence-electron chi connectivity index (χ0n) is 18.0. The van der Waals surface area contributed by atoms with Crippen LogP contribution in [0, 0.1) is 12.7 Å². The topological polar surface area (TPSA) is 64.0 Å². The zero-order chi connectivity index (χ0) is 23.5. The van der Waals surface area contributed by atoms with Crippen molar-refractivity contribution < 1.29 is 9.18 Å². The summed E-state index contributed by atoms with van der Waals surface area (Å²) in [6.45, 7) is 4.07. The first-order valence-electron chi connectivity index (χ1n) is 10.4. The maximum atomic E-state index is 14.1. The summed E-state index contributed by atoms with van der Waals surface area (Å²) in [5.41, 5.74) is 1.61. The van der Waals surface area contributed by atoms with Crippen molar-refractivity contribution in [2.75, 3.05) is 11.1 Å². The van der Waals surface area contributed by atoms with Crippen molar-refractivity contribution in [3.8, 4) is 5.69 Å². The highest BCUT2D eigenvalue weighted by molar-refractivity contribution is 9.10. The number of carbonyl (C=O) groups excluding carboxylic acids is 1. The number of halogens is 2. The Morgan fingerprint density at radius 2 is 2.00 bits per heavy atom. The Morgan fingerprint density at radius 1 is 1.24 bits per heavy atom. The number of aryl methyl sites for hydroxylation is 2. The molecule has 2 aromatic carbocycles. The van der Waals surface area contributed by atoms with Gasteiger partial charge in [0.25, 0.3) is 5.56 Å². The minimum absolute atomic E-state index is 0.0214. The van der Waals surface area contributed by atoms with Gasteiger partial charge in [0.15, 0.2) is 5.16 Å². The molecule has 0 saturated heterocycles. The number of fused-ring (bicyclic) bond motifs is 1. The average molecular weight is 546 g/mol. The summed E-state index contributed by atoms with van der Waals surface area (Å²) < 4.78 is 16.2. The van der Waals surface area contributed by atoms with Crippen LogP contribution in [-0.2, 0) is 11.2 Å². The fourth-order valence-electron chi connectivity index (χ4n) is 3.48. The second kappa shape index (κ2) is 10.2. The number of nitrogens with zero attached hydrogens (tertiary/aromatic N) is 2. The number of hydrogen-bond donors (Lipinski definition) is 1. The number of nitrogens with one attached hydrogen (secondary N) is 1. The molecule has 0 saturated carbocycles. The molecule has 4 rings (SSSR count). The molecule has 0 bridgehead atoms. The zero-order valence-corrected chi connectivity index (χ0v) is 21.2. The fourth-order valence-corrected chi connectivity index (χ4v) is 5.95. The lowest BCUT2D eigenvalue weighted by Gasteiger charge is -2.12. The molecule has 5 nitrogen and oxygen atoms in total. The molecule has 1 amide bonds. The predicted molar refractivity (Wildman–Crippen MR) is 137 cm³/mol. The van der Waals surface area contributed by atoms with Crippen LogP contribution in [0.2, 0.25) is 0 Å². The van der Waals surface area contributed by atoms with E-state index in [4.69, 9.17) is 4.98 Å². The SMILES string of the molecule is CCCc1sc2nc(SCC(=O)Nc3ccc(Br)cc3F)n(-c3ccccc3)c(=O)c2c1C. The van der Waals surface area contributed by atoms with Gasteiger partial charge in [-0.05, 0) is 49.2 Å². The molecule has 170 valence electrons. The number of anilines is 1. The third-order valence-electron chi connectivity index (χ3n) is 5.06. The van der Waals surface area contributed by atoms with E-state index in [-0.39, 0.29) is 22.9 Å². The molecule has 0 aliphatic carbocycles. The van der Waals surface area contributed by atoms with E-state index in [1.54, 1.807) is 10.6 Å². The molecule has 9 heteroatoms. The minimum atomic E-state index is -0.527. The lowest BCUT2D eigenvalue weighted by Crippen LogP contribution is -2.23. The first-order valence-corrected chi connectivity index (χ1v) is 13.0. The Morgan fingerprint density at radius 3 is 2.70 bits per heavy atom. The van der Waals surface area contributed by atoms with E-state index in [1.165, 1.54) is 23.5 Å². The largest absolute Gasteiger partial charge is 0.323 e. The number of para-hydroxylation sites is 1. The monoisotopic (exact) mass is 545 g/mol. The summed E-state index contributed by atoms with van der Waals surface area (Å²) in [4.78, 5) is 32.7. The summed E-state index contributed by atoms with van der Waals surface area (Å²) in [7, 11) is 0. The van der Waals surface area contributed by atoms with E-state index in [0.717, 1.165) is 35.0 Å². The highest BCUT2D eigenvalue weighted by Crippen LogP contribution is 2.31. The molecule has 4 aromatic rings. The van der Waals surface area contributed by atoms with Gasteiger partial charge in [-0.15, -0.1) is 11.3 Å². The van der Waals surface area contributed by atoms with Crippen molar-refractivity contribution in [2.24, 2.45) is 0 Å². The van der Waals surface area contributed by atoms with Crippen molar-refractivity contribution >= 4 is 60.8 Å². The van der Waals surface area contributed by atoms with Gasteiger partial charge in [-0.25, -0.2) is 9.37 Å². The smallest absolute Gasteiger partial charge is 0.267 e. The Balaban J connectivity index is 1.69. The van der Waals surface area contributed by atoms with Crippen LogP contribution in [0.4, 0.5) is 10.1 Å². The molecule has 2 heterocycles. The van der Waals surface area contributed by atoms with Crippen LogP contribution >= 0.6 is 39.0 Å². The highest BCUT2D eigenvalue weighted by Gasteiger charge is 2.20. The predicted octanol–water partition coefficient (Wildman–Crippen LogP) is 6.34. The van der Waals surface area contributed by atoms with E-state index in [1.807, 2.05) is 37.3 Å². The quantitative estimate of drug-likeness (QED) is 0.217. The van der Waals surface area contributed by atoms with E-state index in [0.29, 0.717) is 25.5 Å². The van der Waals surface area contributed by atoms with Gasteiger partial charge < -0.3 is 5.32 Å². The fraction of sp³-hybridized carbons (Fsp3) is 0.208. The van der Waals surface area contributed by atoms with Crippen LogP contribution in [-0.4, -0.2) is 21.2 Å². The molecular weight excluding hydrogens is 525 g/mol. The second-order valence-corrected chi connectivity index (χ2v) is 10.4. The number of rotatable bonds is 7. The van der Waals surface area contributed by atoms with Crippen LogP contribution in [0.1, 0.15) is 23.8 Å². The van der Waals surface area contributed by atoms with E-state index in [9.17, 15) is 14.0 Å². The maximum Gasteiger partial charge on any atom is 0.267 e.